The SMILES string of the molecule is CO[Si](C)(C)CCCCCCCCCCCS(=O)(=O)NS(=O)(=O)C(F)(F)F. The normalized spacial score (nSPS) is 13.9. The van der Waals surface area contributed by atoms with Crippen LogP contribution in [0.25, 0.3) is 0 Å². The summed E-state index contributed by atoms with van der Waals surface area (Å²) in [5.74, 6) is -0.637. The molecule has 0 spiro atoms. The average molecular weight is 456 g/mol. The van der Waals surface area contributed by atoms with E-state index in [4.69, 9.17) is 4.43 Å². The number of alkyl halides is 3. The molecule has 0 saturated carbocycles. The summed E-state index contributed by atoms with van der Waals surface area (Å²) in [7, 11) is -10.1. The van der Waals surface area contributed by atoms with Crippen LogP contribution in [0.15, 0.2) is 0 Å². The Morgan fingerprint density at radius 2 is 1.22 bits per heavy atom. The first-order valence-electron chi connectivity index (χ1n) is 9.10. The summed E-state index contributed by atoms with van der Waals surface area (Å²) in [5, 5.41) is 0. The average Bonchev–Trinajstić information content (AvgIpc) is 2.50. The van der Waals surface area contributed by atoms with E-state index in [-0.39, 0.29) is 6.42 Å². The highest BCUT2D eigenvalue weighted by molar-refractivity contribution is 8.05. The van der Waals surface area contributed by atoms with Gasteiger partial charge in [-0.3, -0.25) is 0 Å². The van der Waals surface area contributed by atoms with Gasteiger partial charge in [-0.05, 0) is 25.6 Å². The maximum absolute atomic E-state index is 12.2. The zero-order valence-corrected chi connectivity index (χ0v) is 18.9. The minimum atomic E-state index is -5.87. The molecule has 0 aromatic carbocycles. The summed E-state index contributed by atoms with van der Waals surface area (Å²) >= 11 is 0. The lowest BCUT2D eigenvalue weighted by molar-refractivity contribution is -0.0441. The van der Waals surface area contributed by atoms with Gasteiger partial charge in [-0.1, -0.05) is 51.4 Å². The van der Waals surface area contributed by atoms with Crippen LogP contribution >= 0.6 is 0 Å². The summed E-state index contributed by atoms with van der Waals surface area (Å²) in [5.41, 5.74) is -5.64. The molecule has 0 aliphatic heterocycles. The van der Waals surface area contributed by atoms with E-state index >= 15 is 0 Å². The third-order valence-electron chi connectivity index (χ3n) is 4.29. The van der Waals surface area contributed by atoms with E-state index in [1.807, 2.05) is 0 Å². The number of hydrogen-bond donors (Lipinski definition) is 1. The predicted molar refractivity (Wildman–Crippen MR) is 103 cm³/mol. The first-order chi connectivity index (χ1) is 12.2. The van der Waals surface area contributed by atoms with Gasteiger partial charge in [-0.25, -0.2) is 16.8 Å². The molecule has 6 nitrogen and oxygen atoms in total. The van der Waals surface area contributed by atoms with Crippen LogP contribution in [-0.4, -0.2) is 43.5 Å². The molecule has 0 saturated heterocycles. The van der Waals surface area contributed by atoms with Gasteiger partial charge < -0.3 is 4.43 Å². The van der Waals surface area contributed by atoms with Gasteiger partial charge in [0.1, 0.15) is 0 Å². The van der Waals surface area contributed by atoms with E-state index < -0.39 is 39.6 Å². The van der Waals surface area contributed by atoms with Gasteiger partial charge in [-0.15, -0.1) is 4.13 Å². The second kappa shape index (κ2) is 11.7. The molecule has 0 aromatic heterocycles. The molecule has 0 bridgehead atoms. The molecular formula is C15H32F3NO5S2Si. The van der Waals surface area contributed by atoms with E-state index in [9.17, 15) is 30.0 Å². The molecule has 0 radical (unpaired) electrons. The van der Waals surface area contributed by atoms with Crippen molar-refractivity contribution in [3.05, 3.63) is 0 Å². The van der Waals surface area contributed by atoms with Crippen LogP contribution in [-0.2, 0) is 24.5 Å². The van der Waals surface area contributed by atoms with E-state index in [1.165, 1.54) is 6.42 Å². The van der Waals surface area contributed by atoms with Crippen molar-refractivity contribution in [3.8, 4) is 0 Å². The second-order valence-corrected chi connectivity index (χ2v) is 15.4. The molecule has 0 amide bonds. The van der Waals surface area contributed by atoms with E-state index in [2.05, 4.69) is 13.1 Å². The number of unbranched alkanes of at least 4 members (excludes halogenated alkanes) is 8. The molecule has 0 aliphatic carbocycles. The van der Waals surface area contributed by atoms with Gasteiger partial charge in [0.2, 0.25) is 10.0 Å². The fourth-order valence-electron chi connectivity index (χ4n) is 2.44. The maximum Gasteiger partial charge on any atom is 0.512 e. The van der Waals surface area contributed by atoms with Crippen LogP contribution < -0.4 is 4.13 Å². The predicted octanol–water partition coefficient (Wildman–Crippen LogP) is 4.12. The second-order valence-electron chi connectivity index (χ2n) is 7.25. The number of nitrogens with one attached hydrogen (secondary N) is 1. The summed E-state index contributed by atoms with van der Waals surface area (Å²) < 4.78 is 87.2. The van der Waals surface area contributed by atoms with Crippen LogP contribution in [0.2, 0.25) is 19.1 Å². The Hall–Kier alpha value is -0.173. The van der Waals surface area contributed by atoms with E-state index in [1.54, 1.807) is 7.11 Å². The van der Waals surface area contributed by atoms with E-state index in [0.29, 0.717) is 6.42 Å². The summed E-state index contributed by atoms with van der Waals surface area (Å²) in [6, 6.07) is 1.15. The van der Waals surface area contributed by atoms with E-state index in [0.717, 1.165) is 48.7 Å². The molecule has 0 unspecified atom stereocenters. The Morgan fingerprint density at radius 3 is 1.63 bits per heavy atom. The van der Waals surface area contributed by atoms with Crippen LogP contribution in [0, 0.1) is 0 Å². The summed E-state index contributed by atoms with van der Waals surface area (Å²) in [4.78, 5) is 0. The number of halogens is 3. The number of sulfonamides is 2. The maximum atomic E-state index is 12.2. The largest absolute Gasteiger partial charge is 0.512 e. The fourth-order valence-corrected chi connectivity index (χ4v) is 6.38. The smallest absolute Gasteiger partial charge is 0.420 e. The molecule has 164 valence electrons. The minimum Gasteiger partial charge on any atom is -0.420 e. The van der Waals surface area contributed by atoms with Crippen molar-refractivity contribution in [2.75, 3.05) is 12.9 Å². The monoisotopic (exact) mass is 455 g/mol. The minimum absolute atomic E-state index is 0.124. The Kier molecular flexibility index (Phi) is 11.7. The van der Waals surface area contributed by atoms with Gasteiger partial charge in [0.25, 0.3) is 0 Å². The van der Waals surface area contributed by atoms with Crippen molar-refractivity contribution in [3.63, 3.8) is 0 Å². The summed E-state index contributed by atoms with van der Waals surface area (Å²) in [6.45, 7) is 4.39. The molecule has 0 fully saturated rings. The molecule has 12 heteroatoms. The van der Waals surface area contributed by atoms with Gasteiger partial charge in [0.05, 0.1) is 5.75 Å². The number of rotatable bonds is 15. The third kappa shape index (κ3) is 12.8. The van der Waals surface area contributed by atoms with Crippen molar-refractivity contribution < 1.29 is 34.4 Å². The highest BCUT2D eigenvalue weighted by Crippen LogP contribution is 2.22. The standard InChI is InChI=1S/C15H32F3NO5S2Si/c1-24-27(2,3)14-12-10-8-6-4-5-7-9-11-13-25(20,21)19-26(22,23)15(16,17)18/h19H,4-14H2,1-3H3. The van der Waals surface area contributed by atoms with Gasteiger partial charge >= 0.3 is 15.5 Å². The molecule has 27 heavy (non-hydrogen) atoms. The highest BCUT2D eigenvalue weighted by Gasteiger charge is 2.48. The van der Waals surface area contributed by atoms with Gasteiger partial charge in [0.15, 0.2) is 8.32 Å². The molecule has 0 aromatic rings. The lowest BCUT2D eigenvalue weighted by Gasteiger charge is -2.19. The zero-order chi connectivity index (χ0) is 21.2. The van der Waals surface area contributed by atoms with Crippen molar-refractivity contribution in [2.24, 2.45) is 0 Å². The molecular weight excluding hydrogens is 423 g/mol. The van der Waals surface area contributed by atoms with Crippen molar-refractivity contribution in [2.45, 2.75) is 82.4 Å². The first kappa shape index (κ1) is 26.8. The Labute approximate surface area is 162 Å². The fraction of sp³-hybridized carbons (Fsp3) is 1.00. The molecule has 0 heterocycles. The van der Waals surface area contributed by atoms with Crippen LogP contribution in [0.3, 0.4) is 0 Å². The molecule has 0 rings (SSSR count). The highest BCUT2D eigenvalue weighted by atomic mass is 32.3. The lowest BCUT2D eigenvalue weighted by atomic mass is 10.1. The van der Waals surface area contributed by atoms with Gasteiger partial charge in [0, 0.05) is 7.11 Å². The summed E-state index contributed by atoms with van der Waals surface area (Å²) in [6.07, 6.45) is 7.94. The molecule has 0 atom stereocenters. The van der Waals surface area contributed by atoms with Crippen LogP contribution in [0.4, 0.5) is 13.2 Å². The Morgan fingerprint density at radius 1 is 0.815 bits per heavy atom. The zero-order valence-electron chi connectivity index (χ0n) is 16.3. The topological polar surface area (TPSA) is 89.5 Å². The van der Waals surface area contributed by atoms with Crippen LogP contribution in [0.5, 0.6) is 0 Å². The van der Waals surface area contributed by atoms with Crippen molar-refractivity contribution in [1.29, 1.82) is 0 Å². The van der Waals surface area contributed by atoms with Crippen LogP contribution in [0.1, 0.15) is 57.8 Å². The molecule has 1 N–H and O–H groups in total. The molecule has 0 aliphatic rings. The first-order valence-corrected chi connectivity index (χ1v) is 15.4. The lowest BCUT2D eigenvalue weighted by Crippen LogP contribution is -2.41. The quantitative estimate of drug-likeness (QED) is 0.296. The third-order valence-corrected chi connectivity index (χ3v) is 10.3. The van der Waals surface area contributed by atoms with Crippen molar-refractivity contribution in [1.82, 2.24) is 4.13 Å². The van der Waals surface area contributed by atoms with Crippen molar-refractivity contribution >= 4 is 28.4 Å². The Balaban J connectivity index is 3.75. The Bertz CT molecular complexity index is 622. The number of hydrogen-bond acceptors (Lipinski definition) is 5. The van der Waals surface area contributed by atoms with Gasteiger partial charge in [-0.2, -0.15) is 13.2 Å².